The first-order valence-corrected chi connectivity index (χ1v) is 6.86. The van der Waals surface area contributed by atoms with Crippen LogP contribution in [-0.2, 0) is 9.59 Å². The molecule has 1 fully saturated rings. The second-order valence-electron chi connectivity index (χ2n) is 5.95. The molecular weight excluding hydrogens is 262 g/mol. The lowest BCUT2D eigenvalue weighted by Crippen LogP contribution is -2.51. The van der Waals surface area contributed by atoms with Crippen molar-refractivity contribution in [2.24, 2.45) is 5.41 Å². The Balaban J connectivity index is 2.33. The number of carboxylic acid groups (broad SMARTS) is 1. The van der Waals surface area contributed by atoms with Gasteiger partial charge in [-0.05, 0) is 18.3 Å². The van der Waals surface area contributed by atoms with Gasteiger partial charge in [0.1, 0.15) is 0 Å². The summed E-state index contributed by atoms with van der Waals surface area (Å²) >= 11 is 0. The fourth-order valence-electron chi connectivity index (χ4n) is 2.25. The summed E-state index contributed by atoms with van der Waals surface area (Å²) in [6.07, 6.45) is 3.09. The molecule has 1 heterocycles. The number of nitrogens with zero attached hydrogens (tertiary/aromatic N) is 1. The topological polar surface area (TPSA) is 98.7 Å². The van der Waals surface area contributed by atoms with Crippen molar-refractivity contribution >= 4 is 17.9 Å². The number of carbonyl (C=O) groups excluding carboxylic acids is 2. The van der Waals surface area contributed by atoms with E-state index in [1.807, 2.05) is 0 Å². The SMILES string of the molecule is CC(C)(CC(=O)O)CC(=O)NC(=O)NN1CCCCC1. The second-order valence-corrected chi connectivity index (χ2v) is 5.95. The average molecular weight is 285 g/mol. The van der Waals surface area contributed by atoms with Crippen molar-refractivity contribution in [3.8, 4) is 0 Å². The molecule has 0 aromatic rings. The number of amides is 3. The molecule has 20 heavy (non-hydrogen) atoms. The van der Waals surface area contributed by atoms with Gasteiger partial charge in [-0.15, -0.1) is 0 Å². The lowest BCUT2D eigenvalue weighted by molar-refractivity contribution is -0.139. The highest BCUT2D eigenvalue weighted by Gasteiger charge is 2.26. The van der Waals surface area contributed by atoms with E-state index in [2.05, 4.69) is 10.7 Å². The van der Waals surface area contributed by atoms with Crippen LogP contribution < -0.4 is 10.7 Å². The molecule has 0 spiro atoms. The molecule has 0 aromatic carbocycles. The number of piperidine rings is 1. The highest BCUT2D eigenvalue weighted by molar-refractivity contribution is 5.94. The minimum Gasteiger partial charge on any atom is -0.481 e. The van der Waals surface area contributed by atoms with Crippen LogP contribution in [0, 0.1) is 5.41 Å². The van der Waals surface area contributed by atoms with Crippen molar-refractivity contribution in [2.45, 2.75) is 46.0 Å². The maximum absolute atomic E-state index is 11.7. The van der Waals surface area contributed by atoms with E-state index in [-0.39, 0.29) is 12.8 Å². The van der Waals surface area contributed by atoms with Crippen molar-refractivity contribution in [3.05, 3.63) is 0 Å². The lowest BCUT2D eigenvalue weighted by atomic mass is 9.85. The van der Waals surface area contributed by atoms with Gasteiger partial charge >= 0.3 is 12.0 Å². The quantitative estimate of drug-likeness (QED) is 0.702. The Bertz CT molecular complexity index is 376. The van der Waals surface area contributed by atoms with Crippen LogP contribution in [0.15, 0.2) is 0 Å². The van der Waals surface area contributed by atoms with E-state index >= 15 is 0 Å². The number of hydrazine groups is 1. The number of nitrogens with one attached hydrogen (secondary N) is 2. The molecule has 7 nitrogen and oxygen atoms in total. The van der Waals surface area contributed by atoms with Crippen molar-refractivity contribution in [1.82, 2.24) is 15.8 Å². The summed E-state index contributed by atoms with van der Waals surface area (Å²) in [5.41, 5.74) is 1.94. The minimum absolute atomic E-state index is 0.00722. The maximum Gasteiger partial charge on any atom is 0.335 e. The molecule has 0 atom stereocenters. The summed E-state index contributed by atoms with van der Waals surface area (Å²) in [5, 5.41) is 12.8. The standard InChI is InChI=1S/C13H23N3O4/c1-13(2,9-11(18)19)8-10(17)14-12(20)15-16-6-4-3-5-7-16/h3-9H2,1-2H3,(H,18,19)(H2,14,15,17,20). The average Bonchev–Trinajstić information content (AvgIpc) is 2.26. The number of urea groups is 1. The predicted octanol–water partition coefficient (Wildman–Crippen LogP) is 1.10. The Labute approximate surface area is 118 Å². The molecule has 0 bridgehead atoms. The first-order valence-electron chi connectivity index (χ1n) is 6.86. The van der Waals surface area contributed by atoms with Gasteiger partial charge in [-0.1, -0.05) is 20.3 Å². The van der Waals surface area contributed by atoms with E-state index in [0.29, 0.717) is 0 Å². The number of imide groups is 1. The molecule has 3 amide bonds. The first-order chi connectivity index (χ1) is 9.28. The van der Waals surface area contributed by atoms with Crippen LogP contribution in [0.5, 0.6) is 0 Å². The lowest BCUT2D eigenvalue weighted by Gasteiger charge is -2.27. The summed E-state index contributed by atoms with van der Waals surface area (Å²) in [5.74, 6) is -1.42. The molecule has 0 radical (unpaired) electrons. The van der Waals surface area contributed by atoms with Gasteiger partial charge < -0.3 is 5.11 Å². The Hall–Kier alpha value is -1.63. The van der Waals surface area contributed by atoms with Gasteiger partial charge in [-0.3, -0.25) is 20.3 Å². The van der Waals surface area contributed by atoms with Gasteiger partial charge in [0.05, 0.1) is 6.42 Å². The van der Waals surface area contributed by atoms with Gasteiger partial charge in [0, 0.05) is 19.5 Å². The van der Waals surface area contributed by atoms with Gasteiger partial charge in [0.2, 0.25) is 5.91 Å². The molecule has 1 saturated heterocycles. The zero-order valence-electron chi connectivity index (χ0n) is 12.1. The summed E-state index contributed by atoms with van der Waals surface area (Å²) in [7, 11) is 0. The smallest absolute Gasteiger partial charge is 0.335 e. The molecule has 7 heteroatoms. The van der Waals surface area contributed by atoms with Crippen LogP contribution in [0.2, 0.25) is 0 Å². The second kappa shape index (κ2) is 7.23. The molecular formula is C13H23N3O4. The van der Waals surface area contributed by atoms with E-state index < -0.39 is 23.3 Å². The molecule has 1 aliphatic rings. The summed E-state index contributed by atoms with van der Waals surface area (Å²) < 4.78 is 0. The normalized spacial score (nSPS) is 16.5. The Morgan fingerprint density at radius 1 is 1.10 bits per heavy atom. The van der Waals surface area contributed by atoms with Gasteiger partial charge in [0.15, 0.2) is 0 Å². The first kappa shape index (κ1) is 16.4. The van der Waals surface area contributed by atoms with Crippen molar-refractivity contribution in [3.63, 3.8) is 0 Å². The monoisotopic (exact) mass is 285 g/mol. The Morgan fingerprint density at radius 3 is 2.25 bits per heavy atom. The maximum atomic E-state index is 11.7. The molecule has 0 aliphatic carbocycles. The molecule has 0 aromatic heterocycles. The van der Waals surface area contributed by atoms with Gasteiger partial charge in [-0.2, -0.15) is 0 Å². The minimum atomic E-state index is -0.958. The molecule has 3 N–H and O–H groups in total. The third-order valence-electron chi connectivity index (χ3n) is 3.14. The third-order valence-corrected chi connectivity index (χ3v) is 3.14. The van der Waals surface area contributed by atoms with Crippen LogP contribution in [0.25, 0.3) is 0 Å². The van der Waals surface area contributed by atoms with E-state index in [9.17, 15) is 14.4 Å². The van der Waals surface area contributed by atoms with Crippen LogP contribution in [-0.4, -0.2) is 41.1 Å². The highest BCUT2D eigenvalue weighted by Crippen LogP contribution is 2.24. The third kappa shape index (κ3) is 6.51. The number of rotatable bonds is 5. The predicted molar refractivity (Wildman–Crippen MR) is 72.7 cm³/mol. The van der Waals surface area contributed by atoms with Crippen LogP contribution >= 0.6 is 0 Å². The summed E-state index contributed by atoms with van der Waals surface area (Å²) in [4.78, 5) is 34.0. The Morgan fingerprint density at radius 2 is 1.70 bits per heavy atom. The number of hydrogen-bond acceptors (Lipinski definition) is 4. The van der Waals surface area contributed by atoms with E-state index in [0.717, 1.165) is 32.4 Å². The van der Waals surface area contributed by atoms with Crippen molar-refractivity contribution in [2.75, 3.05) is 13.1 Å². The highest BCUT2D eigenvalue weighted by atomic mass is 16.4. The van der Waals surface area contributed by atoms with E-state index in [1.165, 1.54) is 0 Å². The number of aliphatic carboxylic acids is 1. The fraction of sp³-hybridized carbons (Fsp3) is 0.769. The van der Waals surface area contributed by atoms with Crippen molar-refractivity contribution < 1.29 is 19.5 Å². The molecule has 0 unspecified atom stereocenters. The molecule has 114 valence electrons. The zero-order valence-corrected chi connectivity index (χ0v) is 12.1. The number of carbonyl (C=O) groups is 3. The summed E-state index contributed by atoms with van der Waals surface area (Å²) in [6, 6.07) is -0.553. The van der Waals surface area contributed by atoms with E-state index in [1.54, 1.807) is 18.9 Å². The summed E-state index contributed by atoms with van der Waals surface area (Å²) in [6.45, 7) is 4.94. The number of hydrogen-bond donors (Lipinski definition) is 3. The molecule has 1 rings (SSSR count). The molecule has 1 aliphatic heterocycles. The van der Waals surface area contributed by atoms with Gasteiger partial charge in [0.25, 0.3) is 0 Å². The van der Waals surface area contributed by atoms with E-state index in [4.69, 9.17) is 5.11 Å². The van der Waals surface area contributed by atoms with Crippen LogP contribution in [0.4, 0.5) is 4.79 Å². The van der Waals surface area contributed by atoms with Crippen LogP contribution in [0.1, 0.15) is 46.0 Å². The largest absolute Gasteiger partial charge is 0.481 e. The zero-order chi connectivity index (χ0) is 15.2. The molecule has 0 saturated carbocycles. The number of carboxylic acids is 1. The fourth-order valence-corrected chi connectivity index (χ4v) is 2.25. The van der Waals surface area contributed by atoms with Crippen molar-refractivity contribution in [1.29, 1.82) is 0 Å². The Kier molecular flexibility index (Phi) is 5.94. The van der Waals surface area contributed by atoms with Crippen LogP contribution in [0.3, 0.4) is 0 Å². The van der Waals surface area contributed by atoms with Gasteiger partial charge in [-0.25, -0.2) is 9.80 Å².